The van der Waals surface area contributed by atoms with E-state index in [2.05, 4.69) is 30.4 Å². The van der Waals surface area contributed by atoms with Crippen LogP contribution in [0.3, 0.4) is 0 Å². The Labute approximate surface area is 176 Å². The summed E-state index contributed by atoms with van der Waals surface area (Å²) >= 11 is 12.5. The Morgan fingerprint density at radius 1 is 1.18 bits per heavy atom. The van der Waals surface area contributed by atoms with Crippen molar-refractivity contribution in [1.82, 2.24) is 20.2 Å². The molecule has 1 aliphatic heterocycles. The predicted octanol–water partition coefficient (Wildman–Crippen LogP) is 2.56. The average Bonchev–Trinajstić information content (AvgIpc) is 2.69. The van der Waals surface area contributed by atoms with Crippen LogP contribution in [0.1, 0.15) is 32.1 Å². The molecule has 10 heteroatoms. The molecule has 8 nitrogen and oxygen atoms in total. The number of rotatable bonds is 6. The van der Waals surface area contributed by atoms with E-state index in [0.29, 0.717) is 22.7 Å². The van der Waals surface area contributed by atoms with Crippen LogP contribution in [-0.2, 0) is 0 Å². The Bertz CT molecular complexity index is 682. The third kappa shape index (κ3) is 5.30. The summed E-state index contributed by atoms with van der Waals surface area (Å²) in [6, 6.07) is -0.193. The lowest BCUT2D eigenvalue weighted by atomic mass is 9.82. The number of anilines is 2. The van der Waals surface area contributed by atoms with Gasteiger partial charge in [0.25, 0.3) is 0 Å². The summed E-state index contributed by atoms with van der Waals surface area (Å²) in [5, 5.41) is 6.52. The van der Waals surface area contributed by atoms with Crippen molar-refractivity contribution in [3.63, 3.8) is 0 Å². The van der Waals surface area contributed by atoms with E-state index in [9.17, 15) is 4.79 Å². The minimum atomic E-state index is -0.410. The zero-order chi connectivity index (χ0) is 20.1. The highest BCUT2D eigenvalue weighted by Gasteiger charge is 2.27. The van der Waals surface area contributed by atoms with Gasteiger partial charge in [-0.15, -0.1) is 0 Å². The van der Waals surface area contributed by atoms with Crippen molar-refractivity contribution in [2.75, 3.05) is 50.0 Å². The lowest BCUT2D eigenvalue weighted by Gasteiger charge is -2.38. The van der Waals surface area contributed by atoms with Gasteiger partial charge in [0.1, 0.15) is 5.02 Å². The first-order chi connectivity index (χ1) is 13.5. The molecule has 0 radical (unpaired) electrons. The Morgan fingerprint density at radius 2 is 1.89 bits per heavy atom. The Morgan fingerprint density at radius 3 is 2.57 bits per heavy atom. The number of carbonyl (C=O) groups excluding carboxylic acids is 1. The maximum Gasteiger partial charge on any atom is 0.312 e. The minimum absolute atomic E-state index is 0.217. The lowest BCUT2D eigenvalue weighted by Crippen LogP contribution is -2.49. The van der Waals surface area contributed by atoms with Crippen molar-refractivity contribution in [3.05, 3.63) is 10.2 Å². The SMILES string of the molecule is CNc1nc(Cl)c(Cl)c(N2CCN(CCC3CCCCC3NC(N)=O)CC2)n1. The van der Waals surface area contributed by atoms with Crippen LogP contribution in [0.5, 0.6) is 0 Å². The number of nitrogens with one attached hydrogen (secondary N) is 2. The third-order valence-corrected chi connectivity index (χ3v) is 6.46. The highest BCUT2D eigenvalue weighted by atomic mass is 35.5. The zero-order valence-corrected chi connectivity index (χ0v) is 17.8. The van der Waals surface area contributed by atoms with Crippen molar-refractivity contribution in [2.45, 2.75) is 38.1 Å². The summed E-state index contributed by atoms with van der Waals surface area (Å²) in [7, 11) is 1.76. The molecule has 4 N–H and O–H groups in total. The number of nitrogens with two attached hydrogens (primary N) is 1. The van der Waals surface area contributed by atoms with Gasteiger partial charge in [-0.3, -0.25) is 4.90 Å². The number of aromatic nitrogens is 2. The van der Waals surface area contributed by atoms with Gasteiger partial charge in [0.2, 0.25) is 5.95 Å². The number of piperazine rings is 1. The molecule has 1 saturated carbocycles. The van der Waals surface area contributed by atoms with Gasteiger partial charge in [0.05, 0.1) is 0 Å². The van der Waals surface area contributed by atoms with Crippen LogP contribution >= 0.6 is 23.2 Å². The fraction of sp³-hybridized carbons (Fsp3) is 0.722. The molecule has 2 heterocycles. The van der Waals surface area contributed by atoms with E-state index in [0.717, 1.165) is 58.4 Å². The molecule has 0 spiro atoms. The summed E-state index contributed by atoms with van der Waals surface area (Å²) in [5.74, 6) is 1.66. The van der Waals surface area contributed by atoms with Gasteiger partial charge in [0, 0.05) is 39.3 Å². The quantitative estimate of drug-likeness (QED) is 0.600. The number of hydrogen-bond acceptors (Lipinski definition) is 6. The molecule has 1 aromatic heterocycles. The van der Waals surface area contributed by atoms with Gasteiger partial charge in [-0.2, -0.15) is 9.97 Å². The maximum absolute atomic E-state index is 11.2. The predicted molar refractivity (Wildman–Crippen MR) is 113 cm³/mol. The van der Waals surface area contributed by atoms with Gasteiger partial charge in [0.15, 0.2) is 11.0 Å². The second kappa shape index (κ2) is 9.80. The molecular formula is C18H29Cl2N7O. The first-order valence-corrected chi connectivity index (χ1v) is 10.7. The molecule has 1 aliphatic carbocycles. The van der Waals surface area contributed by atoms with Crippen LogP contribution in [-0.4, -0.2) is 66.7 Å². The van der Waals surface area contributed by atoms with Gasteiger partial charge in [-0.1, -0.05) is 36.0 Å². The van der Waals surface area contributed by atoms with Gasteiger partial charge in [-0.05, 0) is 31.7 Å². The normalized spacial score (nSPS) is 23.5. The van der Waals surface area contributed by atoms with Gasteiger partial charge >= 0.3 is 6.03 Å². The number of nitrogens with zero attached hydrogens (tertiary/aromatic N) is 4. The van der Waals surface area contributed by atoms with Crippen LogP contribution < -0.4 is 21.3 Å². The first-order valence-electron chi connectivity index (χ1n) is 9.92. The molecule has 1 saturated heterocycles. The molecule has 0 aromatic carbocycles. The number of amides is 2. The van der Waals surface area contributed by atoms with Crippen molar-refractivity contribution < 1.29 is 4.79 Å². The standard InChI is InChI=1S/C18H29Cl2N7O/c1-22-18-24-15(20)14(19)16(25-18)27-10-8-26(9-11-27)7-6-12-4-2-3-5-13(12)23-17(21)28/h12-13H,2-11H2,1H3,(H3,21,23,28)(H,22,24,25). The smallest absolute Gasteiger partial charge is 0.312 e. The molecule has 2 unspecified atom stereocenters. The summed E-state index contributed by atoms with van der Waals surface area (Å²) in [6.45, 7) is 4.57. The minimum Gasteiger partial charge on any atom is -0.357 e. The van der Waals surface area contributed by atoms with Crippen molar-refractivity contribution in [3.8, 4) is 0 Å². The van der Waals surface area contributed by atoms with E-state index < -0.39 is 6.03 Å². The van der Waals surface area contributed by atoms with E-state index in [-0.39, 0.29) is 11.2 Å². The zero-order valence-electron chi connectivity index (χ0n) is 16.3. The Hall–Kier alpha value is -1.51. The van der Waals surface area contributed by atoms with E-state index in [1.165, 1.54) is 6.42 Å². The van der Waals surface area contributed by atoms with Crippen molar-refractivity contribution >= 4 is 41.0 Å². The van der Waals surface area contributed by atoms with Crippen LogP contribution in [0.2, 0.25) is 10.2 Å². The largest absolute Gasteiger partial charge is 0.357 e. The fourth-order valence-corrected chi connectivity index (χ4v) is 4.56. The summed E-state index contributed by atoms with van der Waals surface area (Å²) < 4.78 is 0. The number of primary amides is 1. The highest BCUT2D eigenvalue weighted by molar-refractivity contribution is 6.42. The third-order valence-electron chi connectivity index (χ3n) is 5.74. The molecule has 156 valence electrons. The second-order valence-electron chi connectivity index (χ2n) is 7.50. The average molecular weight is 430 g/mol. The topological polar surface area (TPSA) is 99.4 Å². The van der Waals surface area contributed by atoms with E-state index in [4.69, 9.17) is 28.9 Å². The number of hydrogen-bond donors (Lipinski definition) is 3. The molecule has 2 aliphatic rings. The highest BCUT2D eigenvalue weighted by Crippen LogP contribution is 2.32. The molecule has 2 atom stereocenters. The molecule has 3 rings (SSSR count). The molecule has 2 amide bonds. The van der Waals surface area contributed by atoms with Crippen LogP contribution in [0.15, 0.2) is 0 Å². The summed E-state index contributed by atoms with van der Waals surface area (Å²) in [6.07, 6.45) is 5.66. The van der Waals surface area contributed by atoms with Crippen molar-refractivity contribution in [1.29, 1.82) is 0 Å². The van der Waals surface area contributed by atoms with Gasteiger partial charge in [-0.25, -0.2) is 4.79 Å². The monoisotopic (exact) mass is 429 g/mol. The first kappa shape index (κ1) is 21.2. The molecule has 0 bridgehead atoms. The molecule has 2 fully saturated rings. The van der Waals surface area contributed by atoms with E-state index >= 15 is 0 Å². The number of urea groups is 1. The van der Waals surface area contributed by atoms with Crippen LogP contribution in [0.4, 0.5) is 16.6 Å². The molecule has 1 aromatic rings. The molecular weight excluding hydrogens is 401 g/mol. The second-order valence-corrected chi connectivity index (χ2v) is 8.24. The Balaban J connectivity index is 1.52. The number of halogens is 2. The van der Waals surface area contributed by atoms with Crippen LogP contribution in [0, 0.1) is 5.92 Å². The Kier molecular flexibility index (Phi) is 7.42. The molecule has 28 heavy (non-hydrogen) atoms. The van der Waals surface area contributed by atoms with Crippen LogP contribution in [0.25, 0.3) is 0 Å². The summed E-state index contributed by atoms with van der Waals surface area (Å²) in [5.41, 5.74) is 5.34. The van der Waals surface area contributed by atoms with Crippen molar-refractivity contribution in [2.24, 2.45) is 11.7 Å². The van der Waals surface area contributed by atoms with Gasteiger partial charge < -0.3 is 21.3 Å². The fourth-order valence-electron chi connectivity index (χ4n) is 4.19. The maximum atomic E-state index is 11.2. The van der Waals surface area contributed by atoms with E-state index in [1.807, 2.05) is 0 Å². The van der Waals surface area contributed by atoms with E-state index in [1.54, 1.807) is 7.05 Å². The summed E-state index contributed by atoms with van der Waals surface area (Å²) in [4.78, 5) is 24.4. The lowest BCUT2D eigenvalue weighted by molar-refractivity contribution is 0.191. The number of carbonyl (C=O) groups is 1.